The molecule has 0 radical (unpaired) electrons. The second-order valence-corrected chi connectivity index (χ2v) is 4.49. The first-order valence-electron chi connectivity index (χ1n) is 5.02. The molecule has 2 aromatic rings. The average molecular weight is 249 g/mol. The zero-order chi connectivity index (χ0) is 12.1. The van der Waals surface area contributed by atoms with Gasteiger partial charge in [-0.1, -0.05) is 41.7 Å². The fourth-order valence-electron chi connectivity index (χ4n) is 1.19. The Morgan fingerprint density at radius 2 is 2.12 bits per heavy atom. The molecule has 5 nitrogen and oxygen atoms in total. The van der Waals surface area contributed by atoms with Gasteiger partial charge in [0.05, 0.1) is 0 Å². The lowest BCUT2D eigenvalue weighted by molar-refractivity contribution is 0.155. The van der Waals surface area contributed by atoms with Crippen LogP contribution in [0.3, 0.4) is 0 Å². The maximum Gasteiger partial charge on any atom is 0.413 e. The smallest absolute Gasteiger partial charge is 0.413 e. The molecule has 0 aliphatic carbocycles. The number of hydrogen-bond donors (Lipinski definition) is 1. The van der Waals surface area contributed by atoms with Crippen LogP contribution in [0.2, 0.25) is 0 Å². The van der Waals surface area contributed by atoms with Gasteiger partial charge in [-0.2, -0.15) is 0 Å². The molecule has 1 N–H and O–H groups in total. The van der Waals surface area contributed by atoms with E-state index < -0.39 is 6.09 Å². The van der Waals surface area contributed by atoms with Crippen molar-refractivity contribution < 1.29 is 9.53 Å². The predicted molar refractivity (Wildman–Crippen MR) is 64.9 cm³/mol. The lowest BCUT2D eigenvalue weighted by Crippen LogP contribution is -2.13. The highest BCUT2D eigenvalue weighted by Gasteiger charge is 2.06. The van der Waals surface area contributed by atoms with Gasteiger partial charge in [-0.3, -0.25) is 5.32 Å². The molecule has 0 atom stereocenters. The van der Waals surface area contributed by atoms with Crippen molar-refractivity contribution in [3.8, 4) is 0 Å². The Hall–Kier alpha value is -1.95. The highest BCUT2D eigenvalue weighted by atomic mass is 32.1. The normalized spacial score (nSPS) is 9.94. The molecule has 1 aromatic heterocycles. The van der Waals surface area contributed by atoms with E-state index in [0.717, 1.165) is 10.6 Å². The van der Waals surface area contributed by atoms with Crippen LogP contribution < -0.4 is 5.32 Å². The number of aromatic nitrogens is 2. The van der Waals surface area contributed by atoms with Crippen LogP contribution in [0.5, 0.6) is 0 Å². The molecule has 6 heteroatoms. The molecule has 0 unspecified atom stereocenters. The lowest BCUT2D eigenvalue weighted by Gasteiger charge is -2.04. The van der Waals surface area contributed by atoms with Crippen LogP contribution in [0, 0.1) is 6.92 Å². The molecular weight excluding hydrogens is 238 g/mol. The third-order valence-corrected chi connectivity index (χ3v) is 2.70. The summed E-state index contributed by atoms with van der Waals surface area (Å²) in [6, 6.07) is 9.48. The van der Waals surface area contributed by atoms with Gasteiger partial charge in [0, 0.05) is 0 Å². The number of aryl methyl sites for hydroxylation is 1. The van der Waals surface area contributed by atoms with Gasteiger partial charge in [-0.05, 0) is 12.5 Å². The zero-order valence-electron chi connectivity index (χ0n) is 9.21. The van der Waals surface area contributed by atoms with Gasteiger partial charge < -0.3 is 4.74 Å². The Morgan fingerprint density at radius 3 is 2.76 bits per heavy atom. The van der Waals surface area contributed by atoms with Gasteiger partial charge in [0.15, 0.2) is 0 Å². The molecule has 0 saturated heterocycles. The Morgan fingerprint density at radius 1 is 1.35 bits per heavy atom. The lowest BCUT2D eigenvalue weighted by atomic mass is 10.2. The SMILES string of the molecule is Cc1nnc(NC(=O)OCc2ccccc2)s1. The topological polar surface area (TPSA) is 64.1 Å². The van der Waals surface area contributed by atoms with Crippen molar-refractivity contribution in [1.29, 1.82) is 0 Å². The molecule has 0 aliphatic heterocycles. The third-order valence-electron chi connectivity index (χ3n) is 1.95. The zero-order valence-corrected chi connectivity index (χ0v) is 10.0. The van der Waals surface area contributed by atoms with E-state index in [2.05, 4.69) is 15.5 Å². The van der Waals surface area contributed by atoms with Gasteiger partial charge in [0.1, 0.15) is 11.6 Å². The predicted octanol–water partition coefficient (Wildman–Crippen LogP) is 2.60. The second kappa shape index (κ2) is 5.40. The van der Waals surface area contributed by atoms with Crippen LogP contribution in [0.15, 0.2) is 30.3 Å². The molecule has 1 heterocycles. The molecule has 0 aliphatic rings. The van der Waals surface area contributed by atoms with Crippen LogP contribution in [-0.2, 0) is 11.3 Å². The maximum atomic E-state index is 11.4. The first kappa shape index (κ1) is 11.5. The van der Waals surface area contributed by atoms with Crippen molar-refractivity contribution in [1.82, 2.24) is 10.2 Å². The largest absolute Gasteiger partial charge is 0.444 e. The van der Waals surface area contributed by atoms with Gasteiger partial charge in [-0.25, -0.2) is 4.79 Å². The van der Waals surface area contributed by atoms with Crippen molar-refractivity contribution >= 4 is 22.6 Å². The summed E-state index contributed by atoms with van der Waals surface area (Å²) >= 11 is 1.30. The van der Waals surface area contributed by atoms with E-state index in [9.17, 15) is 4.79 Å². The summed E-state index contributed by atoms with van der Waals surface area (Å²) in [5.74, 6) is 0. The minimum atomic E-state index is -0.523. The van der Waals surface area contributed by atoms with Crippen LogP contribution in [-0.4, -0.2) is 16.3 Å². The minimum absolute atomic E-state index is 0.241. The standard InChI is InChI=1S/C11H11N3O2S/c1-8-13-14-10(17-8)12-11(15)16-7-9-5-3-2-4-6-9/h2-6H,7H2,1H3,(H,12,14,15). The van der Waals surface area contributed by atoms with E-state index >= 15 is 0 Å². The number of rotatable bonds is 3. The summed E-state index contributed by atoms with van der Waals surface area (Å²) in [4.78, 5) is 11.4. The monoisotopic (exact) mass is 249 g/mol. The summed E-state index contributed by atoms with van der Waals surface area (Å²) in [5, 5.41) is 11.3. The number of anilines is 1. The van der Waals surface area contributed by atoms with Crippen LogP contribution in [0.1, 0.15) is 10.6 Å². The van der Waals surface area contributed by atoms with Crippen molar-refractivity contribution in [3.05, 3.63) is 40.9 Å². The summed E-state index contributed by atoms with van der Waals surface area (Å²) < 4.78 is 5.03. The van der Waals surface area contributed by atoms with Crippen LogP contribution >= 0.6 is 11.3 Å². The van der Waals surface area contributed by atoms with Crippen molar-refractivity contribution in [2.45, 2.75) is 13.5 Å². The van der Waals surface area contributed by atoms with E-state index in [1.807, 2.05) is 37.3 Å². The fraction of sp³-hybridized carbons (Fsp3) is 0.182. The van der Waals surface area contributed by atoms with Gasteiger partial charge >= 0.3 is 6.09 Å². The first-order valence-corrected chi connectivity index (χ1v) is 5.83. The van der Waals surface area contributed by atoms with E-state index in [-0.39, 0.29) is 6.61 Å². The van der Waals surface area contributed by atoms with Crippen molar-refractivity contribution in [3.63, 3.8) is 0 Å². The Kier molecular flexibility index (Phi) is 3.66. The number of carbonyl (C=O) groups excluding carboxylic acids is 1. The first-order chi connectivity index (χ1) is 8.24. The summed E-state index contributed by atoms with van der Waals surface area (Å²) in [5.41, 5.74) is 0.941. The molecule has 0 saturated carbocycles. The third kappa shape index (κ3) is 3.53. The number of amides is 1. The molecule has 2 rings (SSSR count). The second-order valence-electron chi connectivity index (χ2n) is 3.31. The van der Waals surface area contributed by atoms with Crippen molar-refractivity contribution in [2.75, 3.05) is 5.32 Å². The molecule has 0 spiro atoms. The van der Waals surface area contributed by atoms with Gasteiger partial charge in [-0.15, -0.1) is 10.2 Å². The Balaban J connectivity index is 1.82. The molecule has 0 bridgehead atoms. The molecule has 1 amide bonds. The van der Waals surface area contributed by atoms with Crippen LogP contribution in [0.25, 0.3) is 0 Å². The van der Waals surface area contributed by atoms with E-state index in [4.69, 9.17) is 4.74 Å². The molecule has 88 valence electrons. The maximum absolute atomic E-state index is 11.4. The van der Waals surface area contributed by atoms with E-state index in [0.29, 0.717) is 5.13 Å². The number of nitrogens with one attached hydrogen (secondary N) is 1. The molecule has 17 heavy (non-hydrogen) atoms. The van der Waals surface area contributed by atoms with Crippen molar-refractivity contribution in [2.24, 2.45) is 0 Å². The molecule has 1 aromatic carbocycles. The number of hydrogen-bond acceptors (Lipinski definition) is 5. The highest BCUT2D eigenvalue weighted by Crippen LogP contribution is 2.13. The fourth-order valence-corrected chi connectivity index (χ4v) is 1.77. The molecular formula is C11H11N3O2S. The number of ether oxygens (including phenoxy) is 1. The number of benzene rings is 1. The average Bonchev–Trinajstić information content (AvgIpc) is 2.73. The minimum Gasteiger partial charge on any atom is -0.444 e. The Bertz CT molecular complexity index is 498. The highest BCUT2D eigenvalue weighted by molar-refractivity contribution is 7.15. The van der Waals surface area contributed by atoms with Crippen LogP contribution in [0.4, 0.5) is 9.93 Å². The summed E-state index contributed by atoms with van der Waals surface area (Å²) in [6.45, 7) is 2.06. The van der Waals surface area contributed by atoms with E-state index in [1.165, 1.54) is 11.3 Å². The summed E-state index contributed by atoms with van der Waals surface area (Å²) in [7, 11) is 0. The quantitative estimate of drug-likeness (QED) is 0.908. The Labute approximate surface area is 102 Å². The van der Waals surface area contributed by atoms with Gasteiger partial charge in [0.2, 0.25) is 5.13 Å². The van der Waals surface area contributed by atoms with Gasteiger partial charge in [0.25, 0.3) is 0 Å². The van der Waals surface area contributed by atoms with E-state index in [1.54, 1.807) is 0 Å². The summed E-state index contributed by atoms with van der Waals surface area (Å²) in [6.07, 6.45) is -0.523. The molecule has 0 fully saturated rings. The number of nitrogens with zero attached hydrogens (tertiary/aromatic N) is 2. The number of carbonyl (C=O) groups is 1.